The molecule has 3 N–H and O–H groups in total. The molecule has 6 nitrogen and oxygen atoms in total. The average molecular weight is 295 g/mol. The van der Waals surface area contributed by atoms with Crippen LogP contribution in [0.5, 0.6) is 11.6 Å². The second-order valence-corrected chi connectivity index (χ2v) is 4.39. The third-order valence-electron chi connectivity index (χ3n) is 2.57. The normalized spacial score (nSPS) is 10.3. The predicted molar refractivity (Wildman–Crippen MR) is 76.9 cm³/mol. The summed E-state index contributed by atoms with van der Waals surface area (Å²) < 4.78 is 10.6. The van der Waals surface area contributed by atoms with Gasteiger partial charge in [-0.25, -0.2) is 10.8 Å². The Bertz CT molecular complexity index is 563. The third kappa shape index (κ3) is 3.80. The van der Waals surface area contributed by atoms with E-state index in [1.165, 1.54) is 6.20 Å². The van der Waals surface area contributed by atoms with Crippen LogP contribution < -0.4 is 16.0 Å². The minimum Gasteiger partial charge on any atom is -0.437 e. The number of nitrogen functional groups attached to an aromatic ring is 1. The Morgan fingerprint density at radius 1 is 1.30 bits per heavy atom. The van der Waals surface area contributed by atoms with Crippen molar-refractivity contribution in [2.24, 2.45) is 5.84 Å². The van der Waals surface area contributed by atoms with Gasteiger partial charge in [0.15, 0.2) is 0 Å². The maximum Gasteiger partial charge on any atom is 0.243 e. The van der Waals surface area contributed by atoms with Crippen molar-refractivity contribution in [1.29, 1.82) is 0 Å². The minimum atomic E-state index is 0.237. The van der Waals surface area contributed by atoms with Crippen LogP contribution in [0.1, 0.15) is 5.56 Å². The summed E-state index contributed by atoms with van der Waals surface area (Å²) in [6, 6.07) is 7.62. The topological polar surface area (TPSA) is 82.3 Å². The first kappa shape index (κ1) is 14.5. The predicted octanol–water partition coefficient (Wildman–Crippen LogP) is 2.40. The van der Waals surface area contributed by atoms with Crippen LogP contribution in [0.3, 0.4) is 0 Å². The third-order valence-corrected chi connectivity index (χ3v) is 2.83. The Hall–Kier alpha value is -1.89. The van der Waals surface area contributed by atoms with Crippen molar-refractivity contribution >= 4 is 17.5 Å². The monoisotopic (exact) mass is 294 g/mol. The zero-order valence-corrected chi connectivity index (χ0v) is 11.7. The summed E-state index contributed by atoms with van der Waals surface area (Å²) in [6.45, 7) is 0.684. The van der Waals surface area contributed by atoms with Crippen LogP contribution in [-0.2, 0) is 11.2 Å². The Morgan fingerprint density at radius 2 is 2.05 bits per heavy atom. The number of halogens is 1. The van der Waals surface area contributed by atoms with Crippen molar-refractivity contribution in [2.75, 3.05) is 19.1 Å². The van der Waals surface area contributed by atoms with Crippen LogP contribution in [0.4, 0.5) is 5.95 Å². The van der Waals surface area contributed by atoms with Crippen LogP contribution in [-0.4, -0.2) is 23.7 Å². The highest BCUT2D eigenvalue weighted by Crippen LogP contribution is 2.27. The number of hydrazine groups is 1. The molecule has 0 radical (unpaired) electrons. The molecule has 20 heavy (non-hydrogen) atoms. The molecule has 106 valence electrons. The van der Waals surface area contributed by atoms with Crippen LogP contribution in [0.25, 0.3) is 0 Å². The number of nitrogens with one attached hydrogen (secondary N) is 1. The van der Waals surface area contributed by atoms with Gasteiger partial charge in [-0.05, 0) is 24.1 Å². The molecule has 0 saturated heterocycles. The molecule has 1 heterocycles. The number of nitrogens with two attached hydrogens (primary N) is 1. The zero-order chi connectivity index (χ0) is 14.4. The van der Waals surface area contributed by atoms with E-state index in [2.05, 4.69) is 15.4 Å². The molecule has 0 aliphatic rings. The van der Waals surface area contributed by atoms with Crippen molar-refractivity contribution in [3.8, 4) is 11.6 Å². The van der Waals surface area contributed by atoms with Crippen molar-refractivity contribution in [2.45, 2.75) is 6.42 Å². The van der Waals surface area contributed by atoms with Gasteiger partial charge in [0.25, 0.3) is 0 Å². The standard InChI is InChI=1S/C13H15ClN4O2/c1-19-7-6-9-2-4-10(5-3-9)20-12-11(14)8-16-13(17-12)18-15/h2-5,8H,6-7,15H2,1H3,(H,16,17,18). The van der Waals surface area contributed by atoms with E-state index in [1.54, 1.807) is 7.11 Å². The zero-order valence-electron chi connectivity index (χ0n) is 11.0. The highest BCUT2D eigenvalue weighted by molar-refractivity contribution is 6.31. The first-order chi connectivity index (χ1) is 9.72. The Labute approximate surface area is 121 Å². The molecule has 0 amide bonds. The Morgan fingerprint density at radius 3 is 2.70 bits per heavy atom. The van der Waals surface area contributed by atoms with Crippen LogP contribution >= 0.6 is 11.6 Å². The molecule has 0 unspecified atom stereocenters. The van der Waals surface area contributed by atoms with Crippen molar-refractivity contribution < 1.29 is 9.47 Å². The van der Waals surface area contributed by atoms with Crippen molar-refractivity contribution in [1.82, 2.24) is 9.97 Å². The first-order valence-electron chi connectivity index (χ1n) is 5.98. The molecule has 0 bridgehead atoms. The number of methoxy groups -OCH3 is 1. The van der Waals surface area contributed by atoms with Gasteiger partial charge in [-0.2, -0.15) is 4.98 Å². The number of hydrogen-bond donors (Lipinski definition) is 2. The number of ether oxygens (including phenoxy) is 2. The molecule has 0 fully saturated rings. The first-order valence-corrected chi connectivity index (χ1v) is 6.35. The highest BCUT2D eigenvalue weighted by atomic mass is 35.5. The lowest BCUT2D eigenvalue weighted by molar-refractivity contribution is 0.202. The molecule has 0 aliphatic carbocycles. The lowest BCUT2D eigenvalue weighted by Gasteiger charge is -2.08. The Balaban J connectivity index is 2.09. The number of hydrogen-bond acceptors (Lipinski definition) is 6. The Kier molecular flexibility index (Phi) is 5.11. The van der Waals surface area contributed by atoms with E-state index in [4.69, 9.17) is 26.9 Å². The van der Waals surface area contributed by atoms with Gasteiger partial charge >= 0.3 is 0 Å². The molecule has 0 spiro atoms. The molecule has 2 aromatic rings. The van der Waals surface area contributed by atoms with E-state index >= 15 is 0 Å². The van der Waals surface area contributed by atoms with Crippen molar-refractivity contribution in [3.63, 3.8) is 0 Å². The highest BCUT2D eigenvalue weighted by Gasteiger charge is 2.07. The number of anilines is 1. The van der Waals surface area contributed by atoms with Gasteiger partial charge in [0.1, 0.15) is 10.8 Å². The van der Waals surface area contributed by atoms with E-state index < -0.39 is 0 Å². The van der Waals surface area contributed by atoms with Crippen LogP contribution in [0.15, 0.2) is 30.5 Å². The molecule has 7 heteroatoms. The molecule has 0 aliphatic heterocycles. The number of benzene rings is 1. The quantitative estimate of drug-likeness (QED) is 0.629. The SMILES string of the molecule is COCCc1ccc(Oc2nc(NN)ncc2Cl)cc1. The molecule has 1 aromatic heterocycles. The van der Waals surface area contributed by atoms with E-state index in [-0.39, 0.29) is 11.8 Å². The fourth-order valence-electron chi connectivity index (χ4n) is 1.55. The summed E-state index contributed by atoms with van der Waals surface area (Å²) in [6.07, 6.45) is 2.28. The summed E-state index contributed by atoms with van der Waals surface area (Å²) >= 11 is 5.97. The van der Waals surface area contributed by atoms with Gasteiger partial charge in [0, 0.05) is 7.11 Å². The summed E-state index contributed by atoms with van der Waals surface area (Å²) in [7, 11) is 1.68. The second-order valence-electron chi connectivity index (χ2n) is 3.98. The summed E-state index contributed by atoms with van der Waals surface area (Å²) in [5, 5.41) is 0.312. The fourth-order valence-corrected chi connectivity index (χ4v) is 1.68. The fraction of sp³-hybridized carbons (Fsp3) is 0.231. The smallest absolute Gasteiger partial charge is 0.243 e. The summed E-state index contributed by atoms with van der Waals surface area (Å²) in [5.41, 5.74) is 3.50. The maximum absolute atomic E-state index is 5.97. The van der Waals surface area contributed by atoms with Gasteiger partial charge in [0.05, 0.1) is 12.8 Å². The van der Waals surface area contributed by atoms with Crippen molar-refractivity contribution in [3.05, 3.63) is 41.0 Å². The van der Waals surface area contributed by atoms with E-state index in [0.29, 0.717) is 17.4 Å². The molecule has 0 atom stereocenters. The molecule has 0 saturated carbocycles. The van der Waals surface area contributed by atoms with Gasteiger partial charge in [-0.3, -0.25) is 5.43 Å². The summed E-state index contributed by atoms with van der Waals surface area (Å²) in [5.74, 6) is 6.36. The maximum atomic E-state index is 5.97. The van der Waals surface area contributed by atoms with E-state index in [9.17, 15) is 0 Å². The van der Waals surface area contributed by atoms with Crippen LogP contribution in [0.2, 0.25) is 5.02 Å². The number of rotatable bonds is 6. The largest absolute Gasteiger partial charge is 0.437 e. The van der Waals surface area contributed by atoms with E-state index in [1.807, 2.05) is 24.3 Å². The number of aromatic nitrogens is 2. The lowest BCUT2D eigenvalue weighted by atomic mass is 10.1. The van der Waals surface area contributed by atoms with E-state index in [0.717, 1.165) is 12.0 Å². The average Bonchev–Trinajstić information content (AvgIpc) is 2.49. The molecular weight excluding hydrogens is 280 g/mol. The lowest BCUT2D eigenvalue weighted by Crippen LogP contribution is -2.10. The van der Waals surface area contributed by atoms with Gasteiger partial charge < -0.3 is 9.47 Å². The van der Waals surface area contributed by atoms with Gasteiger partial charge in [0.2, 0.25) is 11.8 Å². The second kappa shape index (κ2) is 7.04. The van der Waals surface area contributed by atoms with Gasteiger partial charge in [-0.15, -0.1) is 0 Å². The molecule has 2 rings (SSSR count). The number of nitrogens with zero attached hydrogens (tertiary/aromatic N) is 2. The van der Waals surface area contributed by atoms with Crippen LogP contribution in [0, 0.1) is 0 Å². The van der Waals surface area contributed by atoms with Gasteiger partial charge in [-0.1, -0.05) is 23.7 Å². The molecule has 1 aromatic carbocycles. The minimum absolute atomic E-state index is 0.237. The molecular formula is C13H15ClN4O2. The summed E-state index contributed by atoms with van der Waals surface area (Å²) in [4.78, 5) is 7.91.